The summed E-state index contributed by atoms with van der Waals surface area (Å²) in [6, 6.07) is 0. The fourth-order valence-corrected chi connectivity index (χ4v) is 8.04. The molecule has 0 aromatic carbocycles. The van der Waals surface area contributed by atoms with E-state index in [2.05, 4.69) is 13.5 Å². The minimum absolute atomic E-state index is 0.0743. The largest absolute Gasteiger partial charge is 0.462 e. The zero-order valence-corrected chi connectivity index (χ0v) is 25.8. The van der Waals surface area contributed by atoms with Crippen LogP contribution in [-0.4, -0.2) is 53.4 Å². The smallest absolute Gasteiger partial charge is 0.429 e. The zero-order valence-electron chi connectivity index (χ0n) is 25.8. The Morgan fingerprint density at radius 1 is 1.05 bits per heavy atom. The lowest BCUT2D eigenvalue weighted by Crippen LogP contribution is -2.64. The molecule has 3 aliphatic rings. The minimum Gasteiger partial charge on any atom is -0.462 e. The number of esters is 2. The van der Waals surface area contributed by atoms with Gasteiger partial charge in [-0.1, -0.05) is 45.1 Å². The van der Waals surface area contributed by atoms with Gasteiger partial charge in [-0.2, -0.15) is 26.3 Å². The van der Waals surface area contributed by atoms with Crippen molar-refractivity contribution in [3.05, 3.63) is 35.5 Å². The highest BCUT2D eigenvalue weighted by Gasteiger charge is 2.75. The van der Waals surface area contributed by atoms with Crippen LogP contribution in [0.4, 0.5) is 30.7 Å². The van der Waals surface area contributed by atoms with Crippen molar-refractivity contribution in [1.29, 1.82) is 0 Å². The number of carbonyl (C=O) groups excluding carboxylic acids is 2. The molecule has 3 saturated carbocycles. The number of fused-ring (bicyclic) bond motifs is 1. The molecule has 12 heteroatoms. The lowest BCUT2D eigenvalue weighted by Gasteiger charge is -2.45. The molecular weight excluding hydrogens is 597 g/mol. The second-order valence-electron chi connectivity index (χ2n) is 13.2. The van der Waals surface area contributed by atoms with E-state index in [0.717, 1.165) is 43.8 Å². The molecular formula is C32H43F7O5. The van der Waals surface area contributed by atoms with E-state index in [0.29, 0.717) is 24.8 Å². The number of hydrogen-bond donors (Lipinski definition) is 1. The quantitative estimate of drug-likeness (QED) is 0.214. The number of halogens is 7. The van der Waals surface area contributed by atoms with Crippen molar-refractivity contribution in [2.45, 2.75) is 122 Å². The Hall–Kier alpha value is -2.37. The Bertz CT molecular complexity index is 1140. The van der Waals surface area contributed by atoms with Crippen LogP contribution in [0.15, 0.2) is 35.5 Å². The van der Waals surface area contributed by atoms with Gasteiger partial charge in [0.1, 0.15) is 18.4 Å². The lowest BCUT2D eigenvalue weighted by molar-refractivity contribution is -0.388. The van der Waals surface area contributed by atoms with Gasteiger partial charge < -0.3 is 14.6 Å². The predicted molar refractivity (Wildman–Crippen MR) is 149 cm³/mol. The molecule has 0 aromatic heterocycles. The van der Waals surface area contributed by atoms with Crippen molar-refractivity contribution in [2.24, 2.45) is 29.1 Å². The summed E-state index contributed by atoms with van der Waals surface area (Å²) in [7, 11) is 0. The third-order valence-corrected chi connectivity index (χ3v) is 10.1. The summed E-state index contributed by atoms with van der Waals surface area (Å²) >= 11 is 0. The highest BCUT2D eigenvalue weighted by Crippen LogP contribution is 2.60. The monoisotopic (exact) mass is 640 g/mol. The summed E-state index contributed by atoms with van der Waals surface area (Å²) < 4.78 is 105. The maximum Gasteiger partial charge on any atom is 0.429 e. The third-order valence-electron chi connectivity index (χ3n) is 10.1. The molecule has 250 valence electrons. The molecule has 0 saturated heterocycles. The van der Waals surface area contributed by atoms with Crippen LogP contribution in [0.25, 0.3) is 0 Å². The predicted octanol–water partition coefficient (Wildman–Crippen LogP) is 8.13. The Morgan fingerprint density at radius 2 is 1.64 bits per heavy atom. The summed E-state index contributed by atoms with van der Waals surface area (Å²) in [6.45, 7) is 11.5. The number of allylic oxidation sites excluding steroid dienone is 3. The number of ether oxygens (including phenoxy) is 2. The van der Waals surface area contributed by atoms with Gasteiger partial charge in [0.15, 0.2) is 0 Å². The molecule has 0 heterocycles. The average Bonchev–Trinajstić information content (AvgIpc) is 3.24. The van der Waals surface area contributed by atoms with Crippen LogP contribution in [0.2, 0.25) is 0 Å². The van der Waals surface area contributed by atoms with Crippen molar-refractivity contribution < 1.29 is 54.9 Å². The summed E-state index contributed by atoms with van der Waals surface area (Å²) in [6.07, 6.45) is -8.93. The highest BCUT2D eigenvalue weighted by atomic mass is 19.4. The summed E-state index contributed by atoms with van der Waals surface area (Å²) in [4.78, 5) is 23.3. The lowest BCUT2D eigenvalue weighted by atomic mass is 9.60. The Labute approximate surface area is 253 Å². The van der Waals surface area contributed by atoms with Crippen LogP contribution in [0.5, 0.6) is 0 Å². The van der Waals surface area contributed by atoms with Crippen LogP contribution >= 0.6 is 0 Å². The van der Waals surface area contributed by atoms with Crippen LogP contribution < -0.4 is 0 Å². The van der Waals surface area contributed by atoms with E-state index in [4.69, 9.17) is 9.47 Å². The van der Waals surface area contributed by atoms with E-state index < -0.39 is 60.1 Å². The minimum atomic E-state index is -6.22. The first-order valence-corrected chi connectivity index (χ1v) is 15.1. The summed E-state index contributed by atoms with van der Waals surface area (Å²) in [5.74, 6) is -3.00. The molecule has 0 aliphatic heterocycles. The third kappa shape index (κ3) is 7.20. The first-order valence-electron chi connectivity index (χ1n) is 15.1. The van der Waals surface area contributed by atoms with E-state index in [9.17, 15) is 45.4 Å². The van der Waals surface area contributed by atoms with Gasteiger partial charge in [-0.15, -0.1) is 0 Å². The second kappa shape index (κ2) is 13.2. The molecule has 0 amide bonds. The first-order chi connectivity index (χ1) is 20.1. The van der Waals surface area contributed by atoms with Gasteiger partial charge in [0.2, 0.25) is 0 Å². The number of rotatable bonds is 8. The fraction of sp³-hybridized carbons (Fsp3) is 0.750. The summed E-state index contributed by atoms with van der Waals surface area (Å²) in [5.41, 5.74) is -3.21. The number of carbonyl (C=O) groups is 2. The van der Waals surface area contributed by atoms with Crippen molar-refractivity contribution in [2.75, 3.05) is 0 Å². The molecule has 3 aliphatic carbocycles. The molecule has 4 unspecified atom stereocenters. The average molecular weight is 641 g/mol. The van der Waals surface area contributed by atoms with Crippen molar-refractivity contribution in [3.8, 4) is 0 Å². The molecule has 0 spiro atoms. The number of alkyl halides is 7. The van der Waals surface area contributed by atoms with E-state index >= 15 is 0 Å². The molecule has 1 N–H and O–H groups in total. The van der Waals surface area contributed by atoms with Gasteiger partial charge in [0.05, 0.1) is 0 Å². The second-order valence-corrected chi connectivity index (χ2v) is 13.2. The SMILES string of the molecule is C=C1/C(=C\C=C2/CCCC3(C)C2CCC3C(C)C[C@H](C)[C@@H](F)C(O)(C(F)(F)F)C(F)(F)F)C[C@@H](OC(C)=O)C[C@@H]1OC(C)=O. The zero-order chi connectivity index (χ0) is 33.4. The molecule has 44 heavy (non-hydrogen) atoms. The van der Waals surface area contributed by atoms with E-state index in [1.165, 1.54) is 13.8 Å². The van der Waals surface area contributed by atoms with Gasteiger partial charge >= 0.3 is 24.3 Å². The van der Waals surface area contributed by atoms with Crippen LogP contribution in [0.3, 0.4) is 0 Å². The van der Waals surface area contributed by atoms with Crippen LogP contribution in [0.1, 0.15) is 86.0 Å². The van der Waals surface area contributed by atoms with Crippen molar-refractivity contribution >= 4 is 11.9 Å². The molecule has 5 nitrogen and oxygen atoms in total. The topological polar surface area (TPSA) is 72.8 Å². The number of hydrogen-bond acceptors (Lipinski definition) is 5. The first kappa shape index (κ1) is 36.1. The highest BCUT2D eigenvalue weighted by molar-refractivity contribution is 5.67. The van der Waals surface area contributed by atoms with Crippen molar-refractivity contribution in [3.63, 3.8) is 0 Å². The fourth-order valence-electron chi connectivity index (χ4n) is 8.04. The maximum absolute atomic E-state index is 14.9. The Morgan fingerprint density at radius 3 is 2.18 bits per heavy atom. The van der Waals surface area contributed by atoms with Gasteiger partial charge in [-0.3, -0.25) is 9.59 Å². The summed E-state index contributed by atoms with van der Waals surface area (Å²) in [5, 5.41) is 9.58. The molecule has 8 atom stereocenters. The molecule has 0 radical (unpaired) electrons. The van der Waals surface area contributed by atoms with Gasteiger partial charge in [0.25, 0.3) is 5.60 Å². The van der Waals surface area contributed by atoms with E-state index in [1.807, 2.05) is 12.2 Å². The van der Waals surface area contributed by atoms with E-state index in [1.54, 1.807) is 6.92 Å². The van der Waals surface area contributed by atoms with Gasteiger partial charge in [0, 0.05) is 26.7 Å². The van der Waals surface area contributed by atoms with Crippen LogP contribution in [0, 0.1) is 29.1 Å². The standard InChI is InChI=1S/C32H43F7O5/c1-17(14-18(2)28(33)30(42,31(34,35)36)32(37,38)39)25-11-12-26-22(8-7-13-29(25,26)6)9-10-23-15-24(43-20(4)40)16-27(19(23)3)44-21(5)41/h9-10,17-18,24-28,42H,3,7-8,11-16H2,1-2,4-6H3/b22-9+,23-10-/t17?,18-,24+,25?,26?,27-,28+,29?/m0/s1. The molecule has 0 aromatic rings. The normalized spacial score (nSPS) is 32.2. The van der Waals surface area contributed by atoms with Gasteiger partial charge in [-0.05, 0) is 78.8 Å². The Balaban J connectivity index is 1.81. The van der Waals surface area contributed by atoms with Crippen molar-refractivity contribution in [1.82, 2.24) is 0 Å². The van der Waals surface area contributed by atoms with Gasteiger partial charge in [-0.25, -0.2) is 4.39 Å². The van der Waals surface area contributed by atoms with Crippen LogP contribution in [-0.2, 0) is 19.1 Å². The molecule has 3 rings (SSSR count). The van der Waals surface area contributed by atoms with E-state index in [-0.39, 0.29) is 23.7 Å². The number of aliphatic hydroxyl groups is 1. The Kier molecular flexibility index (Phi) is 10.8. The molecule has 3 fully saturated rings. The molecule has 0 bridgehead atoms. The maximum atomic E-state index is 14.9.